The van der Waals surface area contributed by atoms with E-state index in [2.05, 4.69) is 9.97 Å². The molecule has 0 saturated carbocycles. The third-order valence-electron chi connectivity index (χ3n) is 8.67. The number of nitrogens with zero attached hydrogens (tertiary/aromatic N) is 4. The van der Waals surface area contributed by atoms with Gasteiger partial charge in [0.1, 0.15) is 11.6 Å². The minimum atomic E-state index is -0.926. The van der Waals surface area contributed by atoms with Gasteiger partial charge in [-0.3, -0.25) is 19.7 Å². The highest BCUT2D eigenvalue weighted by Crippen LogP contribution is 2.47. The lowest BCUT2D eigenvalue weighted by Gasteiger charge is -2.40. The molecule has 2 amide bonds. The number of nitro benzene ring substituents is 1. The monoisotopic (exact) mass is 575 g/mol. The molecule has 1 fully saturated rings. The van der Waals surface area contributed by atoms with Crippen molar-refractivity contribution in [2.45, 2.75) is 18.3 Å². The second-order valence-electron chi connectivity index (χ2n) is 11.1. The van der Waals surface area contributed by atoms with Crippen molar-refractivity contribution in [1.29, 1.82) is 0 Å². The average molecular weight is 576 g/mol. The number of para-hydroxylation sites is 3. The van der Waals surface area contributed by atoms with Crippen LogP contribution in [0.25, 0.3) is 22.4 Å². The summed E-state index contributed by atoms with van der Waals surface area (Å²) in [4.78, 5) is 48.7. The van der Waals surface area contributed by atoms with Gasteiger partial charge in [-0.05, 0) is 54.8 Å². The highest BCUT2D eigenvalue weighted by molar-refractivity contribution is 6.08. The maximum atomic E-state index is 14.8. The molecule has 0 radical (unpaired) electrons. The molecule has 0 aliphatic carbocycles. The summed E-state index contributed by atoms with van der Waals surface area (Å²) in [5.74, 6) is -0.782. The van der Waals surface area contributed by atoms with Crippen molar-refractivity contribution in [1.82, 2.24) is 14.9 Å². The highest BCUT2D eigenvalue weighted by atomic mass is 19.1. The van der Waals surface area contributed by atoms with Gasteiger partial charge in [0.25, 0.3) is 17.5 Å². The molecule has 2 aliphatic heterocycles. The first-order valence-corrected chi connectivity index (χ1v) is 14.0. The maximum Gasteiger partial charge on any atom is 0.272 e. The number of nitrogens with one attached hydrogen (secondary N) is 1. The van der Waals surface area contributed by atoms with Gasteiger partial charge < -0.3 is 14.8 Å². The molecule has 3 heterocycles. The Hall–Kier alpha value is -5.38. The number of hydrogen-bond acceptors (Lipinski definition) is 5. The molecule has 0 bridgehead atoms. The van der Waals surface area contributed by atoms with E-state index in [1.165, 1.54) is 6.07 Å². The normalized spacial score (nSPS) is 15.6. The van der Waals surface area contributed by atoms with Crippen molar-refractivity contribution in [3.63, 3.8) is 0 Å². The number of H-pyrrole nitrogens is 1. The van der Waals surface area contributed by atoms with Crippen LogP contribution in [0.15, 0.2) is 91.0 Å². The summed E-state index contributed by atoms with van der Waals surface area (Å²) in [5, 5.41) is 11.0. The molecule has 1 saturated heterocycles. The van der Waals surface area contributed by atoms with Gasteiger partial charge in [0.05, 0.1) is 27.6 Å². The second kappa shape index (κ2) is 10.2. The number of anilines is 1. The van der Waals surface area contributed by atoms with Gasteiger partial charge in [0, 0.05) is 47.9 Å². The number of aromatic amines is 1. The number of amides is 2. The molecule has 4 aromatic carbocycles. The molecule has 0 atom stereocenters. The van der Waals surface area contributed by atoms with Crippen molar-refractivity contribution in [2.75, 3.05) is 24.5 Å². The predicted octanol–water partition coefficient (Wildman–Crippen LogP) is 6.11. The largest absolute Gasteiger partial charge is 0.339 e. The van der Waals surface area contributed by atoms with Gasteiger partial charge in [-0.1, -0.05) is 42.5 Å². The molecule has 0 unspecified atom stereocenters. The number of aromatic nitrogens is 2. The van der Waals surface area contributed by atoms with E-state index in [0.29, 0.717) is 43.7 Å². The van der Waals surface area contributed by atoms with Crippen LogP contribution in [0, 0.1) is 15.9 Å². The second-order valence-corrected chi connectivity index (χ2v) is 11.1. The number of nitro groups is 1. The number of halogens is 1. The summed E-state index contributed by atoms with van der Waals surface area (Å²) < 4.78 is 14.8. The third-order valence-corrected chi connectivity index (χ3v) is 8.67. The lowest BCUT2D eigenvalue weighted by Crippen LogP contribution is -2.47. The number of imidazole rings is 1. The van der Waals surface area contributed by atoms with E-state index in [4.69, 9.17) is 0 Å². The first kappa shape index (κ1) is 26.5. The van der Waals surface area contributed by atoms with Crippen LogP contribution in [0.2, 0.25) is 0 Å². The number of benzene rings is 4. The van der Waals surface area contributed by atoms with E-state index in [1.807, 2.05) is 77.7 Å². The van der Waals surface area contributed by atoms with Gasteiger partial charge in [-0.2, -0.15) is 0 Å². The topological polar surface area (TPSA) is 112 Å². The molecule has 9 nitrogen and oxygen atoms in total. The Bertz CT molecular complexity index is 1880. The fraction of sp³-hybridized carbons (Fsp3) is 0.182. The van der Waals surface area contributed by atoms with Gasteiger partial charge in [0.15, 0.2) is 0 Å². The minimum Gasteiger partial charge on any atom is -0.339 e. The number of likely N-dealkylation sites (tertiary alicyclic amines) is 1. The Morgan fingerprint density at radius 1 is 0.907 bits per heavy atom. The fourth-order valence-corrected chi connectivity index (χ4v) is 6.36. The molecule has 5 aromatic rings. The number of piperidine rings is 1. The molecule has 1 aromatic heterocycles. The van der Waals surface area contributed by atoms with Gasteiger partial charge in [0.2, 0.25) is 0 Å². The smallest absolute Gasteiger partial charge is 0.272 e. The molecule has 214 valence electrons. The fourth-order valence-electron chi connectivity index (χ4n) is 6.36. The summed E-state index contributed by atoms with van der Waals surface area (Å²) in [6, 6.07) is 25.9. The number of hydrogen-bond donors (Lipinski definition) is 1. The third kappa shape index (κ3) is 4.51. The van der Waals surface area contributed by atoms with E-state index in [9.17, 15) is 24.1 Å². The van der Waals surface area contributed by atoms with Crippen molar-refractivity contribution >= 4 is 34.2 Å². The maximum absolute atomic E-state index is 14.8. The summed E-state index contributed by atoms with van der Waals surface area (Å²) in [7, 11) is 0. The Morgan fingerprint density at radius 3 is 2.35 bits per heavy atom. The van der Waals surface area contributed by atoms with E-state index in [1.54, 1.807) is 4.90 Å². The molecule has 1 spiro atoms. The molecular formula is C33H26FN5O4. The van der Waals surface area contributed by atoms with Gasteiger partial charge >= 0.3 is 0 Å². The standard InChI is InChI=1S/C33H26FN5O4/c34-26-19-23(39(42)43)13-14-24(26)32(41)38-20-33(25-5-1-4-8-29(25)38)15-17-37(18-16-33)31(40)22-11-9-21(10-12-22)30-35-27-6-2-3-7-28(27)36-30/h1-14,19H,15-18,20H2,(H,35,36). The summed E-state index contributed by atoms with van der Waals surface area (Å²) in [6.45, 7) is 1.36. The average Bonchev–Trinajstić information content (AvgIpc) is 3.61. The molecule has 2 aliphatic rings. The minimum absolute atomic E-state index is 0.0572. The van der Waals surface area contributed by atoms with Crippen molar-refractivity contribution in [3.05, 3.63) is 124 Å². The molecular weight excluding hydrogens is 549 g/mol. The lowest BCUT2D eigenvalue weighted by atomic mass is 9.74. The van der Waals surface area contributed by atoms with E-state index >= 15 is 0 Å². The molecule has 43 heavy (non-hydrogen) atoms. The van der Waals surface area contributed by atoms with Crippen molar-refractivity contribution < 1.29 is 18.9 Å². The van der Waals surface area contributed by atoms with E-state index in [-0.39, 0.29) is 16.9 Å². The SMILES string of the molecule is O=C(c1ccc(-c2nc3ccccc3[nH]2)cc1)N1CCC2(CC1)CN(C(=O)c1ccc([N+](=O)[O-])cc1F)c1ccccc12. The van der Waals surface area contributed by atoms with Crippen molar-refractivity contribution in [3.8, 4) is 11.4 Å². The van der Waals surface area contributed by atoms with Gasteiger partial charge in [-0.15, -0.1) is 0 Å². The number of carbonyl (C=O) groups is 2. The number of fused-ring (bicyclic) bond motifs is 3. The zero-order chi connectivity index (χ0) is 29.7. The first-order chi connectivity index (χ1) is 20.8. The van der Waals surface area contributed by atoms with E-state index < -0.39 is 22.3 Å². The summed E-state index contributed by atoms with van der Waals surface area (Å²) >= 11 is 0. The van der Waals surface area contributed by atoms with Crippen LogP contribution in [0.5, 0.6) is 0 Å². The molecule has 10 heteroatoms. The van der Waals surface area contributed by atoms with Crippen LogP contribution in [-0.2, 0) is 5.41 Å². The zero-order valence-corrected chi connectivity index (χ0v) is 23.0. The quantitative estimate of drug-likeness (QED) is 0.205. The Kier molecular flexibility index (Phi) is 6.27. The zero-order valence-electron chi connectivity index (χ0n) is 23.0. The number of rotatable bonds is 4. The number of carbonyl (C=O) groups excluding carboxylic acids is 2. The number of non-ortho nitro benzene ring substituents is 1. The Morgan fingerprint density at radius 2 is 1.63 bits per heavy atom. The first-order valence-electron chi connectivity index (χ1n) is 14.0. The van der Waals surface area contributed by atoms with Crippen LogP contribution in [-0.4, -0.2) is 51.2 Å². The Labute approximate surface area is 245 Å². The lowest BCUT2D eigenvalue weighted by molar-refractivity contribution is -0.385. The van der Waals surface area contributed by atoms with Crippen LogP contribution in [0.1, 0.15) is 39.1 Å². The Balaban J connectivity index is 1.07. The molecule has 7 rings (SSSR count). The summed E-state index contributed by atoms with van der Waals surface area (Å²) in [6.07, 6.45) is 1.28. The van der Waals surface area contributed by atoms with Crippen molar-refractivity contribution in [2.24, 2.45) is 0 Å². The van der Waals surface area contributed by atoms with Crippen LogP contribution < -0.4 is 4.90 Å². The predicted molar refractivity (Wildman–Crippen MR) is 160 cm³/mol. The van der Waals surface area contributed by atoms with Crippen LogP contribution in [0.4, 0.5) is 15.8 Å². The summed E-state index contributed by atoms with van der Waals surface area (Å²) in [5.41, 5.74) is 4.00. The van der Waals surface area contributed by atoms with Gasteiger partial charge in [-0.25, -0.2) is 9.37 Å². The molecule has 1 N–H and O–H groups in total. The van der Waals surface area contributed by atoms with E-state index in [0.717, 1.165) is 40.1 Å². The van der Waals surface area contributed by atoms with Crippen LogP contribution in [0.3, 0.4) is 0 Å². The highest BCUT2D eigenvalue weighted by Gasteiger charge is 2.47. The van der Waals surface area contributed by atoms with Crippen LogP contribution >= 0.6 is 0 Å².